The van der Waals surface area contributed by atoms with Gasteiger partial charge in [0.25, 0.3) is 0 Å². The van der Waals surface area contributed by atoms with E-state index in [9.17, 15) is 13.2 Å². The Morgan fingerprint density at radius 2 is 1.81 bits per heavy atom. The van der Waals surface area contributed by atoms with Crippen molar-refractivity contribution in [3.05, 3.63) is 70.9 Å². The summed E-state index contributed by atoms with van der Waals surface area (Å²) >= 11 is 0. The highest BCUT2D eigenvalue weighted by atomic mass is 32.2. The quantitative estimate of drug-likeness (QED) is 0.587. The average Bonchev–Trinajstić information content (AvgIpc) is 3.03. The Kier molecular flexibility index (Phi) is 5.25. The lowest BCUT2D eigenvalue weighted by atomic mass is 10.1. The average molecular weight is 384 g/mol. The molecule has 0 unspecified atom stereocenters. The van der Waals surface area contributed by atoms with Crippen LogP contribution in [0.15, 0.2) is 64.1 Å². The molecule has 7 heteroatoms. The van der Waals surface area contributed by atoms with Crippen molar-refractivity contribution in [2.24, 2.45) is 4.99 Å². The molecule has 0 radical (unpaired) electrons. The van der Waals surface area contributed by atoms with E-state index in [1.807, 2.05) is 24.3 Å². The highest BCUT2D eigenvalue weighted by molar-refractivity contribution is 7.89. The molecule has 0 aromatic heterocycles. The topological polar surface area (TPSA) is 76.0 Å². The van der Waals surface area contributed by atoms with E-state index in [1.165, 1.54) is 31.8 Å². The molecule has 140 valence electrons. The molecule has 27 heavy (non-hydrogen) atoms. The minimum Gasteiger partial charge on any atom is -0.402 e. The van der Waals surface area contributed by atoms with E-state index in [1.54, 1.807) is 18.2 Å². The van der Waals surface area contributed by atoms with Crippen LogP contribution in [0.1, 0.15) is 23.6 Å². The Morgan fingerprint density at radius 1 is 1.11 bits per heavy atom. The van der Waals surface area contributed by atoms with Gasteiger partial charge in [0, 0.05) is 19.7 Å². The monoisotopic (exact) mass is 384 g/mol. The Bertz CT molecular complexity index is 1040. The molecule has 0 saturated carbocycles. The highest BCUT2D eigenvalue weighted by Crippen LogP contribution is 2.22. The summed E-state index contributed by atoms with van der Waals surface area (Å²) in [6, 6.07) is 14.0. The van der Waals surface area contributed by atoms with Crippen LogP contribution in [0, 0.1) is 0 Å². The van der Waals surface area contributed by atoms with Crippen LogP contribution in [0.5, 0.6) is 0 Å². The van der Waals surface area contributed by atoms with Gasteiger partial charge in [-0.05, 0) is 41.8 Å². The summed E-state index contributed by atoms with van der Waals surface area (Å²) in [5.41, 5.74) is 2.65. The van der Waals surface area contributed by atoms with Crippen molar-refractivity contribution in [1.29, 1.82) is 0 Å². The maximum absolute atomic E-state index is 12.3. The number of ether oxygens (including phenoxy) is 1. The van der Waals surface area contributed by atoms with E-state index < -0.39 is 16.0 Å². The standard InChI is InChI=1S/C20H20N2O4S/c1-4-14-8-10-15(11-9-14)12-18-20(23)26-19(21-18)16-6-5-7-17(13-16)27(24,25)22(2)3/h5-13H,4H2,1-3H3. The van der Waals surface area contributed by atoms with Gasteiger partial charge in [0.05, 0.1) is 4.90 Å². The van der Waals surface area contributed by atoms with Crippen LogP contribution in [-0.4, -0.2) is 38.7 Å². The molecule has 3 rings (SSSR count). The number of sulfonamides is 1. The van der Waals surface area contributed by atoms with E-state index in [2.05, 4.69) is 11.9 Å². The smallest absolute Gasteiger partial charge is 0.363 e. The molecule has 1 heterocycles. The van der Waals surface area contributed by atoms with Crippen LogP contribution in [0.25, 0.3) is 6.08 Å². The molecule has 0 amide bonds. The van der Waals surface area contributed by atoms with E-state index in [0.29, 0.717) is 5.56 Å². The van der Waals surface area contributed by atoms with Gasteiger partial charge in [0.1, 0.15) is 0 Å². The number of aliphatic imine (C=N–C) groups is 1. The third-order valence-corrected chi connectivity index (χ3v) is 5.98. The van der Waals surface area contributed by atoms with Crippen LogP contribution >= 0.6 is 0 Å². The van der Waals surface area contributed by atoms with Gasteiger partial charge in [0.2, 0.25) is 15.9 Å². The molecule has 0 aliphatic carbocycles. The van der Waals surface area contributed by atoms with Crippen molar-refractivity contribution < 1.29 is 17.9 Å². The van der Waals surface area contributed by atoms with Gasteiger partial charge in [-0.2, -0.15) is 0 Å². The molecule has 6 nitrogen and oxygen atoms in total. The fourth-order valence-corrected chi connectivity index (χ4v) is 3.49. The van der Waals surface area contributed by atoms with Gasteiger partial charge in [0.15, 0.2) is 5.70 Å². The second-order valence-electron chi connectivity index (χ2n) is 6.25. The fraction of sp³-hybridized carbons (Fsp3) is 0.200. The lowest BCUT2D eigenvalue weighted by Crippen LogP contribution is -2.22. The molecule has 2 aromatic carbocycles. The summed E-state index contributed by atoms with van der Waals surface area (Å²) in [5, 5.41) is 0. The summed E-state index contributed by atoms with van der Waals surface area (Å²) in [4.78, 5) is 16.5. The first-order valence-electron chi connectivity index (χ1n) is 8.45. The van der Waals surface area contributed by atoms with Crippen LogP contribution in [-0.2, 0) is 26.0 Å². The Balaban J connectivity index is 1.93. The first-order valence-corrected chi connectivity index (χ1v) is 9.89. The van der Waals surface area contributed by atoms with Crippen LogP contribution < -0.4 is 0 Å². The molecular formula is C20H20N2O4S. The molecule has 1 aliphatic rings. The fourth-order valence-electron chi connectivity index (χ4n) is 2.54. The molecule has 1 aliphatic heterocycles. The van der Waals surface area contributed by atoms with Gasteiger partial charge in [-0.15, -0.1) is 0 Å². The van der Waals surface area contributed by atoms with Crippen LogP contribution in [0.3, 0.4) is 0 Å². The maximum Gasteiger partial charge on any atom is 0.363 e. The van der Waals surface area contributed by atoms with Crippen LogP contribution in [0.2, 0.25) is 0 Å². The van der Waals surface area contributed by atoms with Gasteiger partial charge >= 0.3 is 5.97 Å². The Labute approximate surface area is 158 Å². The van der Waals surface area contributed by atoms with Gasteiger partial charge in [-0.1, -0.05) is 37.3 Å². The SMILES string of the molecule is CCc1ccc(C=C2N=C(c3cccc(S(=O)(=O)N(C)C)c3)OC2=O)cc1. The number of hydrogen-bond donors (Lipinski definition) is 0. The molecule has 0 saturated heterocycles. The third kappa shape index (κ3) is 3.99. The molecule has 0 spiro atoms. The molecule has 0 atom stereocenters. The van der Waals surface area contributed by atoms with Crippen molar-refractivity contribution >= 4 is 28.0 Å². The molecule has 2 aromatic rings. The summed E-state index contributed by atoms with van der Waals surface area (Å²) in [6.45, 7) is 2.07. The van der Waals surface area contributed by atoms with Crippen molar-refractivity contribution in [2.45, 2.75) is 18.2 Å². The Morgan fingerprint density at radius 3 is 2.44 bits per heavy atom. The number of nitrogens with zero attached hydrogens (tertiary/aromatic N) is 2. The minimum atomic E-state index is -3.59. The van der Waals surface area contributed by atoms with Gasteiger partial charge < -0.3 is 4.74 Å². The maximum atomic E-state index is 12.3. The lowest BCUT2D eigenvalue weighted by molar-refractivity contribution is -0.129. The zero-order valence-corrected chi connectivity index (χ0v) is 16.2. The number of carbonyl (C=O) groups excluding carboxylic acids is 1. The van der Waals surface area contributed by atoms with Crippen molar-refractivity contribution in [3.63, 3.8) is 0 Å². The van der Waals surface area contributed by atoms with Crippen molar-refractivity contribution in [3.8, 4) is 0 Å². The summed E-state index contributed by atoms with van der Waals surface area (Å²) in [6.07, 6.45) is 2.59. The number of cyclic esters (lactones) is 1. The van der Waals surface area contributed by atoms with E-state index in [4.69, 9.17) is 4.74 Å². The van der Waals surface area contributed by atoms with E-state index in [0.717, 1.165) is 16.3 Å². The Hall–Kier alpha value is -2.77. The lowest BCUT2D eigenvalue weighted by Gasteiger charge is -2.11. The predicted molar refractivity (Wildman–Crippen MR) is 104 cm³/mol. The number of benzene rings is 2. The van der Waals surface area contributed by atoms with Crippen molar-refractivity contribution in [2.75, 3.05) is 14.1 Å². The molecule has 0 fully saturated rings. The number of aryl methyl sites for hydroxylation is 1. The van der Waals surface area contributed by atoms with Crippen LogP contribution in [0.4, 0.5) is 0 Å². The summed E-state index contributed by atoms with van der Waals surface area (Å²) in [7, 11) is -0.672. The molecule has 0 N–H and O–H groups in total. The number of carbonyl (C=O) groups is 1. The third-order valence-electron chi connectivity index (χ3n) is 4.17. The minimum absolute atomic E-state index is 0.0900. The zero-order valence-electron chi connectivity index (χ0n) is 15.3. The first-order chi connectivity index (χ1) is 12.8. The molecule has 0 bridgehead atoms. The van der Waals surface area contributed by atoms with E-state index in [-0.39, 0.29) is 16.5 Å². The number of rotatable bonds is 5. The highest BCUT2D eigenvalue weighted by Gasteiger charge is 2.26. The predicted octanol–water partition coefficient (Wildman–Crippen LogP) is 2.84. The van der Waals surface area contributed by atoms with Gasteiger partial charge in [-0.3, -0.25) is 0 Å². The zero-order chi connectivity index (χ0) is 19.6. The van der Waals surface area contributed by atoms with E-state index >= 15 is 0 Å². The first kappa shape index (κ1) is 19.0. The second-order valence-corrected chi connectivity index (χ2v) is 8.40. The summed E-state index contributed by atoms with van der Waals surface area (Å²) < 4.78 is 30.9. The normalized spacial score (nSPS) is 15.9. The number of hydrogen-bond acceptors (Lipinski definition) is 5. The van der Waals surface area contributed by atoms with Gasteiger partial charge in [-0.25, -0.2) is 22.5 Å². The van der Waals surface area contributed by atoms with Crippen molar-refractivity contribution in [1.82, 2.24) is 4.31 Å². The largest absolute Gasteiger partial charge is 0.402 e. The summed E-state index contributed by atoms with van der Waals surface area (Å²) in [5.74, 6) is -0.474. The number of esters is 1. The molecular weight excluding hydrogens is 364 g/mol. The second kappa shape index (κ2) is 7.46.